The molecule has 0 spiro atoms. The first-order chi connectivity index (χ1) is 11.1. The fourth-order valence-corrected chi connectivity index (χ4v) is 2.08. The molecule has 0 fully saturated rings. The van der Waals surface area contributed by atoms with Crippen LogP contribution in [-0.4, -0.2) is 44.7 Å². The van der Waals surface area contributed by atoms with E-state index in [9.17, 15) is 4.79 Å². The van der Waals surface area contributed by atoms with Crippen molar-refractivity contribution < 1.29 is 4.79 Å². The van der Waals surface area contributed by atoms with Gasteiger partial charge in [-0.1, -0.05) is 30.2 Å². The van der Waals surface area contributed by atoms with Crippen molar-refractivity contribution in [1.29, 1.82) is 0 Å². The highest BCUT2D eigenvalue weighted by atomic mass is 35.5. The smallest absolute Gasteiger partial charge is 0.248 e. The fourth-order valence-electron chi connectivity index (χ4n) is 2.08. The van der Waals surface area contributed by atoms with Crippen molar-refractivity contribution in [2.75, 3.05) is 11.9 Å². The van der Waals surface area contributed by atoms with Crippen molar-refractivity contribution in [2.24, 2.45) is 5.73 Å². The van der Waals surface area contributed by atoms with E-state index in [4.69, 9.17) is 5.73 Å². The van der Waals surface area contributed by atoms with E-state index >= 15 is 0 Å². The Morgan fingerprint density at radius 1 is 1.28 bits per heavy atom. The van der Waals surface area contributed by atoms with Crippen LogP contribution in [0.3, 0.4) is 0 Å². The molecule has 10 heteroatoms. The van der Waals surface area contributed by atoms with Gasteiger partial charge in [0.05, 0.1) is 5.69 Å². The second-order valence-electron chi connectivity index (χ2n) is 5.41. The van der Waals surface area contributed by atoms with Crippen molar-refractivity contribution in [3.8, 4) is 5.69 Å². The Bertz CT molecular complexity index is 621. The molecule has 0 aliphatic rings. The zero-order valence-electron chi connectivity index (χ0n) is 14.3. The molecule has 1 amide bonds. The molecule has 4 N–H and O–H groups in total. The summed E-state index contributed by atoms with van der Waals surface area (Å²) < 4.78 is 1.57. The standard InChI is InChI=1S/C15H23N7O.2ClH/c1-3-13(14(23)17-10-9-11(2)16)18-15-19-20-21-22(15)12-7-5-4-6-8-12;;/h4-8,11,13H,3,9-10,16H2,1-2H3,(H,17,23)(H,18,19,21);2*1H. The topological polar surface area (TPSA) is 111 Å². The Morgan fingerprint density at radius 2 is 1.96 bits per heavy atom. The van der Waals surface area contributed by atoms with Crippen LogP contribution in [0.15, 0.2) is 30.3 Å². The lowest BCUT2D eigenvalue weighted by Crippen LogP contribution is -2.41. The summed E-state index contributed by atoms with van der Waals surface area (Å²) in [5, 5.41) is 17.6. The van der Waals surface area contributed by atoms with Gasteiger partial charge in [-0.25, -0.2) is 0 Å². The van der Waals surface area contributed by atoms with Gasteiger partial charge in [-0.05, 0) is 42.3 Å². The minimum Gasteiger partial charge on any atom is -0.354 e. The molecule has 0 bridgehead atoms. The number of anilines is 1. The second-order valence-corrected chi connectivity index (χ2v) is 5.41. The largest absolute Gasteiger partial charge is 0.354 e. The molecule has 0 radical (unpaired) electrons. The first-order valence-corrected chi connectivity index (χ1v) is 7.75. The van der Waals surface area contributed by atoms with Crippen LogP contribution in [-0.2, 0) is 4.79 Å². The minimum absolute atomic E-state index is 0. The number of amides is 1. The summed E-state index contributed by atoms with van der Waals surface area (Å²) in [6.45, 7) is 4.40. The number of carbonyl (C=O) groups is 1. The van der Waals surface area contributed by atoms with E-state index in [0.717, 1.165) is 12.1 Å². The maximum absolute atomic E-state index is 12.2. The monoisotopic (exact) mass is 389 g/mol. The van der Waals surface area contributed by atoms with Gasteiger partial charge < -0.3 is 16.4 Å². The number of nitrogens with zero attached hydrogens (tertiary/aromatic N) is 4. The Hall–Kier alpha value is -1.90. The molecule has 0 saturated carbocycles. The van der Waals surface area contributed by atoms with E-state index in [1.807, 2.05) is 44.2 Å². The van der Waals surface area contributed by atoms with E-state index in [-0.39, 0.29) is 36.8 Å². The Morgan fingerprint density at radius 3 is 2.56 bits per heavy atom. The number of nitrogens with two attached hydrogens (primary N) is 1. The van der Waals surface area contributed by atoms with Gasteiger partial charge in [0.1, 0.15) is 6.04 Å². The number of aromatic nitrogens is 4. The Labute approximate surface area is 159 Å². The van der Waals surface area contributed by atoms with Gasteiger partial charge in [0.2, 0.25) is 11.9 Å². The predicted octanol–water partition coefficient (Wildman–Crippen LogP) is 1.55. The van der Waals surface area contributed by atoms with Crippen molar-refractivity contribution in [3.63, 3.8) is 0 Å². The molecule has 1 heterocycles. The molecule has 140 valence electrons. The number of carbonyl (C=O) groups excluding carboxylic acids is 1. The normalized spacial score (nSPS) is 12.3. The third-order valence-corrected chi connectivity index (χ3v) is 3.40. The summed E-state index contributed by atoms with van der Waals surface area (Å²) in [5.74, 6) is 0.348. The van der Waals surface area contributed by atoms with Crippen LogP contribution < -0.4 is 16.4 Å². The molecule has 0 aliphatic carbocycles. The second kappa shape index (κ2) is 11.6. The van der Waals surface area contributed by atoms with Crippen LogP contribution in [0.2, 0.25) is 0 Å². The Balaban J connectivity index is 0.00000288. The average Bonchev–Trinajstić information content (AvgIpc) is 3.01. The van der Waals surface area contributed by atoms with Gasteiger partial charge >= 0.3 is 0 Å². The Kier molecular flexibility index (Phi) is 10.7. The SMILES string of the molecule is CCC(Nc1nnnn1-c1ccccc1)C(=O)NCCC(C)N.Cl.Cl. The van der Waals surface area contributed by atoms with Crippen LogP contribution in [0.25, 0.3) is 5.69 Å². The quantitative estimate of drug-likeness (QED) is 0.631. The van der Waals surface area contributed by atoms with Gasteiger partial charge in [0.15, 0.2) is 0 Å². The lowest BCUT2D eigenvalue weighted by Gasteiger charge is -2.17. The molecule has 0 aliphatic heterocycles. The van der Waals surface area contributed by atoms with Crippen molar-refractivity contribution in [1.82, 2.24) is 25.5 Å². The molecule has 2 rings (SSSR count). The number of nitrogens with one attached hydrogen (secondary N) is 2. The third-order valence-electron chi connectivity index (χ3n) is 3.40. The molecule has 1 aromatic carbocycles. The maximum atomic E-state index is 12.2. The maximum Gasteiger partial charge on any atom is 0.248 e. The molecule has 8 nitrogen and oxygen atoms in total. The van der Waals surface area contributed by atoms with E-state index in [1.54, 1.807) is 4.68 Å². The lowest BCUT2D eigenvalue weighted by molar-refractivity contribution is -0.121. The van der Waals surface area contributed by atoms with Crippen LogP contribution in [0.1, 0.15) is 26.7 Å². The first kappa shape index (κ1) is 23.1. The van der Waals surface area contributed by atoms with Gasteiger partial charge in [-0.2, -0.15) is 4.68 Å². The van der Waals surface area contributed by atoms with Crippen molar-refractivity contribution in [3.05, 3.63) is 30.3 Å². The molecule has 0 saturated heterocycles. The van der Waals surface area contributed by atoms with Gasteiger partial charge in [0.25, 0.3) is 0 Å². The zero-order valence-corrected chi connectivity index (χ0v) is 15.9. The molecule has 2 atom stereocenters. The first-order valence-electron chi connectivity index (χ1n) is 7.75. The summed E-state index contributed by atoms with van der Waals surface area (Å²) in [7, 11) is 0. The average molecular weight is 390 g/mol. The summed E-state index contributed by atoms with van der Waals surface area (Å²) in [5.41, 5.74) is 6.51. The zero-order chi connectivity index (χ0) is 16.7. The van der Waals surface area contributed by atoms with E-state index in [2.05, 4.69) is 26.2 Å². The van der Waals surface area contributed by atoms with Gasteiger partial charge in [0, 0.05) is 12.6 Å². The summed E-state index contributed by atoms with van der Waals surface area (Å²) >= 11 is 0. The number of rotatable bonds is 8. The van der Waals surface area contributed by atoms with Crippen LogP contribution >= 0.6 is 24.8 Å². The summed E-state index contributed by atoms with van der Waals surface area (Å²) in [6.07, 6.45) is 1.36. The number of para-hydroxylation sites is 1. The molecular weight excluding hydrogens is 365 g/mol. The molecule has 2 unspecified atom stereocenters. The van der Waals surface area contributed by atoms with Crippen LogP contribution in [0, 0.1) is 0 Å². The number of hydrogen-bond donors (Lipinski definition) is 3. The van der Waals surface area contributed by atoms with Crippen molar-refractivity contribution >= 4 is 36.7 Å². The molecular formula is C15H25Cl2N7O. The number of benzene rings is 1. The number of tetrazole rings is 1. The lowest BCUT2D eigenvalue weighted by atomic mass is 10.2. The molecule has 2 aromatic rings. The summed E-state index contributed by atoms with van der Waals surface area (Å²) in [4.78, 5) is 12.2. The predicted molar refractivity (Wildman–Crippen MR) is 103 cm³/mol. The molecule has 25 heavy (non-hydrogen) atoms. The van der Waals surface area contributed by atoms with E-state index in [1.165, 1.54) is 0 Å². The van der Waals surface area contributed by atoms with Crippen molar-refractivity contribution in [2.45, 2.75) is 38.8 Å². The molecule has 1 aromatic heterocycles. The van der Waals surface area contributed by atoms with E-state index < -0.39 is 6.04 Å². The van der Waals surface area contributed by atoms with Crippen LogP contribution in [0.4, 0.5) is 5.95 Å². The number of halogens is 2. The third kappa shape index (κ3) is 6.85. The highest BCUT2D eigenvalue weighted by molar-refractivity contribution is 5.85. The van der Waals surface area contributed by atoms with E-state index in [0.29, 0.717) is 18.9 Å². The highest BCUT2D eigenvalue weighted by Crippen LogP contribution is 2.12. The number of hydrogen-bond acceptors (Lipinski definition) is 6. The van der Waals surface area contributed by atoms with Crippen LogP contribution in [0.5, 0.6) is 0 Å². The highest BCUT2D eigenvalue weighted by Gasteiger charge is 2.19. The van der Waals surface area contributed by atoms with Gasteiger partial charge in [-0.3, -0.25) is 4.79 Å². The minimum atomic E-state index is -0.406. The fraction of sp³-hybridized carbons (Fsp3) is 0.467. The van der Waals surface area contributed by atoms with Gasteiger partial charge in [-0.15, -0.1) is 24.8 Å². The summed E-state index contributed by atoms with van der Waals surface area (Å²) in [6, 6.07) is 9.17.